The van der Waals surface area contributed by atoms with Crippen LogP contribution in [0.1, 0.15) is 36.0 Å². The van der Waals surface area contributed by atoms with Crippen LogP contribution in [0, 0.1) is 5.92 Å². The summed E-state index contributed by atoms with van der Waals surface area (Å²) in [5.74, 6) is 0.562. The molecule has 2 amide bonds. The normalized spacial score (nSPS) is 19.7. The van der Waals surface area contributed by atoms with Crippen LogP contribution in [0.3, 0.4) is 0 Å². The van der Waals surface area contributed by atoms with Crippen LogP contribution in [0.4, 0.5) is 17.1 Å². The number of anilines is 3. The molecule has 198 valence electrons. The van der Waals surface area contributed by atoms with Crippen LogP contribution in [-0.2, 0) is 4.79 Å². The van der Waals surface area contributed by atoms with E-state index in [0.717, 1.165) is 76.8 Å². The number of benzene rings is 2. The van der Waals surface area contributed by atoms with Gasteiger partial charge in [0, 0.05) is 39.3 Å². The lowest BCUT2D eigenvalue weighted by atomic mass is 9.92. The van der Waals surface area contributed by atoms with Gasteiger partial charge in [-0.1, -0.05) is 24.3 Å². The van der Waals surface area contributed by atoms with Gasteiger partial charge in [0.2, 0.25) is 5.91 Å². The van der Waals surface area contributed by atoms with E-state index in [1.807, 2.05) is 42.5 Å². The molecule has 2 aromatic carbocycles. The number of nitrogens with two attached hydrogens (primary N) is 1. The molecule has 2 saturated heterocycles. The molecular formula is C29H40N6O2. The van der Waals surface area contributed by atoms with Crippen molar-refractivity contribution in [2.45, 2.75) is 25.7 Å². The Hall–Kier alpha value is -2.78. The van der Waals surface area contributed by atoms with E-state index in [2.05, 4.69) is 20.0 Å². The van der Waals surface area contributed by atoms with Crippen LogP contribution in [0.25, 0.3) is 0 Å². The quantitative estimate of drug-likeness (QED) is 0.575. The van der Waals surface area contributed by atoms with Crippen molar-refractivity contribution in [3.63, 3.8) is 0 Å². The predicted octanol–water partition coefficient (Wildman–Crippen LogP) is 2.99. The number of carbonyl (C=O) groups is 2. The van der Waals surface area contributed by atoms with Gasteiger partial charge in [0.1, 0.15) is 0 Å². The minimum absolute atomic E-state index is 0.00336. The molecule has 0 aromatic heterocycles. The zero-order valence-electron chi connectivity index (χ0n) is 21.8. The summed E-state index contributed by atoms with van der Waals surface area (Å²) in [7, 11) is 0. The first-order valence-electron chi connectivity index (χ1n) is 13.8. The lowest BCUT2D eigenvalue weighted by molar-refractivity contribution is -0.119. The zero-order valence-corrected chi connectivity index (χ0v) is 21.8. The summed E-state index contributed by atoms with van der Waals surface area (Å²) >= 11 is 0. The van der Waals surface area contributed by atoms with Crippen LogP contribution >= 0.6 is 0 Å². The highest BCUT2D eigenvalue weighted by Crippen LogP contribution is 2.38. The maximum Gasteiger partial charge on any atom is 0.257 e. The van der Waals surface area contributed by atoms with Gasteiger partial charge in [-0.15, -0.1) is 0 Å². The van der Waals surface area contributed by atoms with E-state index in [1.54, 1.807) is 11.0 Å². The number of nitrogens with zero attached hydrogens (tertiary/aromatic N) is 4. The molecule has 0 aliphatic carbocycles. The fraction of sp³-hybridized carbons (Fsp3) is 0.517. The van der Waals surface area contributed by atoms with E-state index in [-0.39, 0.29) is 11.8 Å². The molecular weight excluding hydrogens is 464 g/mol. The van der Waals surface area contributed by atoms with Gasteiger partial charge in [0.05, 0.1) is 29.2 Å². The lowest BCUT2D eigenvalue weighted by Gasteiger charge is -2.35. The molecule has 0 radical (unpaired) electrons. The molecule has 5 rings (SSSR count). The summed E-state index contributed by atoms with van der Waals surface area (Å²) in [5.41, 5.74) is 8.24. The van der Waals surface area contributed by atoms with Gasteiger partial charge < -0.3 is 16.0 Å². The molecule has 3 aliphatic heterocycles. The number of hydrogen-bond acceptors (Lipinski definition) is 6. The van der Waals surface area contributed by atoms with Crippen molar-refractivity contribution in [2.24, 2.45) is 11.7 Å². The second kappa shape index (κ2) is 12.2. The first-order chi connectivity index (χ1) is 18.1. The SMILES string of the molecule is NCCN1CCN(CCCC2CCN(CC(=O)N3c4ccccc4NC(=O)c4ccccc43)CC2)CC1. The highest BCUT2D eigenvalue weighted by atomic mass is 16.2. The molecule has 2 fully saturated rings. The van der Waals surface area contributed by atoms with Crippen LogP contribution < -0.4 is 16.0 Å². The maximum atomic E-state index is 13.7. The van der Waals surface area contributed by atoms with Gasteiger partial charge in [0.25, 0.3) is 5.91 Å². The molecule has 3 aliphatic rings. The van der Waals surface area contributed by atoms with Gasteiger partial charge in [-0.2, -0.15) is 0 Å². The number of rotatable bonds is 8. The van der Waals surface area contributed by atoms with Gasteiger partial charge in [-0.05, 0) is 75.5 Å². The molecule has 37 heavy (non-hydrogen) atoms. The summed E-state index contributed by atoms with van der Waals surface area (Å²) in [6, 6.07) is 14.9. The second-order valence-electron chi connectivity index (χ2n) is 10.6. The van der Waals surface area contributed by atoms with E-state index in [9.17, 15) is 9.59 Å². The number of para-hydroxylation sites is 3. The number of hydrogen-bond donors (Lipinski definition) is 2. The van der Waals surface area contributed by atoms with E-state index < -0.39 is 0 Å². The molecule has 2 aromatic rings. The van der Waals surface area contributed by atoms with Crippen molar-refractivity contribution in [2.75, 3.05) is 75.7 Å². The van der Waals surface area contributed by atoms with Crippen molar-refractivity contribution in [3.8, 4) is 0 Å². The van der Waals surface area contributed by atoms with Gasteiger partial charge in [-0.25, -0.2) is 0 Å². The summed E-state index contributed by atoms with van der Waals surface area (Å²) < 4.78 is 0. The lowest BCUT2D eigenvalue weighted by Crippen LogP contribution is -2.47. The van der Waals surface area contributed by atoms with Gasteiger partial charge >= 0.3 is 0 Å². The average molecular weight is 505 g/mol. The molecule has 0 atom stereocenters. The number of piperidine rings is 1. The molecule has 8 nitrogen and oxygen atoms in total. The topological polar surface area (TPSA) is 85.2 Å². The number of nitrogens with one attached hydrogen (secondary N) is 1. The first-order valence-corrected chi connectivity index (χ1v) is 13.8. The molecule has 0 saturated carbocycles. The van der Waals surface area contributed by atoms with Gasteiger partial charge in [0.15, 0.2) is 0 Å². The summed E-state index contributed by atoms with van der Waals surface area (Å²) in [6.07, 6.45) is 4.81. The molecule has 0 spiro atoms. The minimum atomic E-state index is -0.184. The summed E-state index contributed by atoms with van der Waals surface area (Å²) in [5, 5.41) is 2.97. The van der Waals surface area contributed by atoms with E-state index in [1.165, 1.54) is 19.4 Å². The standard InChI is InChI=1S/C29H40N6O2/c30-13-17-33-20-18-32(19-21-33)14-5-6-23-11-15-34(16-12-23)22-28(36)35-26-9-3-1-7-24(26)29(37)31-25-8-2-4-10-27(25)35/h1-4,7-10,23H,5-6,11-22,30H2,(H,31,37). The maximum absolute atomic E-state index is 13.7. The Labute approximate surface area is 220 Å². The van der Waals surface area contributed by atoms with Crippen molar-refractivity contribution in [1.29, 1.82) is 0 Å². The number of carbonyl (C=O) groups excluding carboxylic acids is 2. The molecule has 8 heteroatoms. The number of likely N-dealkylation sites (tertiary alicyclic amines) is 1. The Morgan fingerprint density at radius 2 is 1.49 bits per heavy atom. The second-order valence-corrected chi connectivity index (χ2v) is 10.6. The Kier molecular flexibility index (Phi) is 8.51. The summed E-state index contributed by atoms with van der Waals surface area (Å²) in [4.78, 5) is 35.6. The monoisotopic (exact) mass is 504 g/mol. The van der Waals surface area contributed by atoms with Gasteiger partial charge in [-0.3, -0.25) is 24.3 Å². The molecule has 3 N–H and O–H groups in total. The van der Waals surface area contributed by atoms with Crippen LogP contribution in [0.15, 0.2) is 48.5 Å². The average Bonchev–Trinajstić information content (AvgIpc) is 3.04. The van der Waals surface area contributed by atoms with Crippen molar-refractivity contribution in [1.82, 2.24) is 14.7 Å². The molecule has 0 bridgehead atoms. The largest absolute Gasteiger partial charge is 0.329 e. The van der Waals surface area contributed by atoms with E-state index >= 15 is 0 Å². The third-order valence-corrected chi connectivity index (χ3v) is 8.10. The van der Waals surface area contributed by atoms with Crippen LogP contribution in [-0.4, -0.2) is 92.0 Å². The van der Waals surface area contributed by atoms with Crippen molar-refractivity contribution in [3.05, 3.63) is 54.1 Å². The number of piperazine rings is 1. The number of fused-ring (bicyclic) bond motifs is 2. The molecule has 3 heterocycles. The summed E-state index contributed by atoms with van der Waals surface area (Å²) in [6.45, 7) is 9.80. The zero-order chi connectivity index (χ0) is 25.6. The number of amides is 2. The van der Waals surface area contributed by atoms with Crippen molar-refractivity contribution < 1.29 is 9.59 Å². The van der Waals surface area contributed by atoms with E-state index in [4.69, 9.17) is 5.73 Å². The minimum Gasteiger partial charge on any atom is -0.329 e. The Morgan fingerprint density at radius 3 is 2.22 bits per heavy atom. The van der Waals surface area contributed by atoms with E-state index in [0.29, 0.717) is 23.5 Å². The van der Waals surface area contributed by atoms with Crippen LogP contribution in [0.5, 0.6) is 0 Å². The highest BCUT2D eigenvalue weighted by molar-refractivity contribution is 6.17. The predicted molar refractivity (Wildman–Crippen MR) is 148 cm³/mol. The third-order valence-electron chi connectivity index (χ3n) is 8.10. The highest BCUT2D eigenvalue weighted by Gasteiger charge is 2.30. The third kappa shape index (κ3) is 6.21. The fourth-order valence-corrected chi connectivity index (χ4v) is 5.94. The van der Waals surface area contributed by atoms with Crippen LogP contribution in [0.2, 0.25) is 0 Å². The Balaban J connectivity index is 1.13. The Morgan fingerprint density at radius 1 is 0.838 bits per heavy atom. The fourth-order valence-electron chi connectivity index (χ4n) is 5.94. The molecule has 0 unspecified atom stereocenters. The first kappa shape index (κ1) is 25.9. The smallest absolute Gasteiger partial charge is 0.257 e. The Bertz CT molecular complexity index is 1080. The van der Waals surface area contributed by atoms with Crippen molar-refractivity contribution >= 4 is 28.9 Å².